The van der Waals surface area contributed by atoms with Gasteiger partial charge in [0.25, 0.3) is 5.78 Å². The van der Waals surface area contributed by atoms with Gasteiger partial charge >= 0.3 is 5.97 Å². The van der Waals surface area contributed by atoms with E-state index in [2.05, 4.69) is 31.9 Å². The number of aromatic nitrogens is 4. The van der Waals surface area contributed by atoms with Gasteiger partial charge in [-0.1, -0.05) is 6.92 Å². The van der Waals surface area contributed by atoms with E-state index < -0.39 is 5.97 Å². The van der Waals surface area contributed by atoms with Crippen LogP contribution in [0.3, 0.4) is 0 Å². The number of anilines is 1. The molecule has 0 radical (unpaired) electrons. The van der Waals surface area contributed by atoms with Crippen LogP contribution < -0.4 is 4.90 Å². The second-order valence-electron chi connectivity index (χ2n) is 5.19. The minimum Gasteiger partial charge on any atom is -0.477 e. The number of nitrogens with zero attached hydrogens (tertiary/aromatic N) is 6. The largest absolute Gasteiger partial charge is 0.477 e. The van der Waals surface area contributed by atoms with Crippen molar-refractivity contribution in [3.63, 3.8) is 0 Å². The molecule has 1 fully saturated rings. The zero-order chi connectivity index (χ0) is 15.0. The van der Waals surface area contributed by atoms with Gasteiger partial charge in [-0.15, -0.1) is 5.10 Å². The van der Waals surface area contributed by atoms with Crippen LogP contribution in [0.4, 0.5) is 5.82 Å². The van der Waals surface area contributed by atoms with Crippen molar-refractivity contribution in [2.45, 2.75) is 13.3 Å². The first kappa shape index (κ1) is 13.7. The first-order chi connectivity index (χ1) is 10.1. The first-order valence-corrected chi connectivity index (χ1v) is 7.02. The monoisotopic (exact) mass is 290 g/mol. The molecule has 1 N–H and O–H groups in total. The Kier molecular flexibility index (Phi) is 3.46. The molecule has 0 amide bonds. The summed E-state index contributed by atoms with van der Waals surface area (Å²) in [5.41, 5.74) is 0.00600. The van der Waals surface area contributed by atoms with E-state index in [1.807, 2.05) is 6.92 Å². The van der Waals surface area contributed by atoms with Gasteiger partial charge < -0.3 is 14.9 Å². The molecule has 21 heavy (non-hydrogen) atoms. The lowest BCUT2D eigenvalue weighted by molar-refractivity contribution is 0.0690. The van der Waals surface area contributed by atoms with Gasteiger partial charge in [0.15, 0.2) is 11.5 Å². The molecule has 3 heterocycles. The van der Waals surface area contributed by atoms with Crippen molar-refractivity contribution in [3.05, 3.63) is 17.6 Å². The van der Waals surface area contributed by atoms with Crippen molar-refractivity contribution in [3.8, 4) is 0 Å². The van der Waals surface area contributed by atoms with Crippen LogP contribution in [-0.4, -0.2) is 68.8 Å². The lowest BCUT2D eigenvalue weighted by Crippen LogP contribution is -2.45. The molecule has 0 saturated carbocycles. The van der Waals surface area contributed by atoms with E-state index in [4.69, 9.17) is 0 Å². The smallest absolute Gasteiger partial charge is 0.354 e. The minimum absolute atomic E-state index is 0.00600. The molecule has 112 valence electrons. The third-order valence-corrected chi connectivity index (χ3v) is 3.70. The predicted molar refractivity (Wildman–Crippen MR) is 76.8 cm³/mol. The average Bonchev–Trinajstić information content (AvgIpc) is 2.90. The van der Waals surface area contributed by atoms with Crippen LogP contribution in [0, 0.1) is 0 Å². The van der Waals surface area contributed by atoms with Crippen molar-refractivity contribution in [1.29, 1.82) is 0 Å². The predicted octanol–water partition coefficient (Wildman–Crippen LogP) is 0.137. The van der Waals surface area contributed by atoms with Gasteiger partial charge in [-0.3, -0.25) is 0 Å². The molecule has 1 aliphatic rings. The number of likely N-dealkylation sites (N-methyl/N-ethyl adjacent to an activating group) is 1. The molecule has 8 heteroatoms. The fraction of sp³-hybridized carbons (Fsp3) is 0.538. The van der Waals surface area contributed by atoms with Crippen molar-refractivity contribution in [1.82, 2.24) is 24.5 Å². The Hall–Kier alpha value is -2.22. The first-order valence-electron chi connectivity index (χ1n) is 7.02. The number of carbonyl (C=O) groups is 1. The fourth-order valence-corrected chi connectivity index (χ4v) is 2.41. The molecule has 3 rings (SSSR count). The summed E-state index contributed by atoms with van der Waals surface area (Å²) in [5, 5.41) is 13.6. The van der Waals surface area contributed by atoms with Gasteiger partial charge in [0, 0.05) is 38.7 Å². The van der Waals surface area contributed by atoms with Gasteiger partial charge in [-0.05, 0) is 7.05 Å². The van der Waals surface area contributed by atoms with Crippen molar-refractivity contribution in [2.75, 3.05) is 38.1 Å². The summed E-state index contributed by atoms with van der Waals surface area (Å²) in [6.45, 7) is 5.48. The summed E-state index contributed by atoms with van der Waals surface area (Å²) < 4.78 is 1.65. The van der Waals surface area contributed by atoms with E-state index in [-0.39, 0.29) is 5.69 Å². The number of carboxylic acids is 1. The van der Waals surface area contributed by atoms with E-state index in [9.17, 15) is 9.90 Å². The summed E-state index contributed by atoms with van der Waals surface area (Å²) in [7, 11) is 2.08. The molecule has 0 spiro atoms. The third kappa shape index (κ3) is 2.54. The second-order valence-corrected chi connectivity index (χ2v) is 5.19. The zero-order valence-corrected chi connectivity index (χ0v) is 12.2. The highest BCUT2D eigenvalue weighted by Gasteiger charge is 2.21. The van der Waals surface area contributed by atoms with Gasteiger partial charge in [0.05, 0.1) is 0 Å². The molecule has 8 nitrogen and oxygen atoms in total. The third-order valence-electron chi connectivity index (χ3n) is 3.70. The molecule has 2 aromatic heterocycles. The Morgan fingerprint density at radius 2 is 2.00 bits per heavy atom. The molecule has 0 atom stereocenters. The Morgan fingerprint density at radius 3 is 2.62 bits per heavy atom. The van der Waals surface area contributed by atoms with Crippen LogP contribution in [0.1, 0.15) is 23.2 Å². The molecule has 0 bridgehead atoms. The maximum Gasteiger partial charge on any atom is 0.354 e. The number of piperazine rings is 1. The maximum absolute atomic E-state index is 11.3. The van der Waals surface area contributed by atoms with Gasteiger partial charge in [-0.2, -0.15) is 9.50 Å². The number of rotatable bonds is 3. The van der Waals surface area contributed by atoms with Crippen LogP contribution >= 0.6 is 0 Å². The average molecular weight is 290 g/mol. The van der Waals surface area contributed by atoms with Crippen molar-refractivity contribution >= 4 is 17.6 Å². The van der Waals surface area contributed by atoms with Crippen LogP contribution in [0.5, 0.6) is 0 Å². The number of carboxylic acid groups (broad SMARTS) is 1. The summed E-state index contributed by atoms with van der Waals surface area (Å²) in [6.07, 6.45) is 0.688. The van der Waals surface area contributed by atoms with E-state index in [1.54, 1.807) is 10.6 Å². The van der Waals surface area contributed by atoms with E-state index >= 15 is 0 Å². The van der Waals surface area contributed by atoms with Gasteiger partial charge in [-0.25, -0.2) is 9.78 Å². The van der Waals surface area contributed by atoms with Gasteiger partial charge in [0.1, 0.15) is 5.82 Å². The van der Waals surface area contributed by atoms with E-state index in [0.717, 1.165) is 32.0 Å². The molecule has 2 aromatic rings. The quantitative estimate of drug-likeness (QED) is 0.860. The summed E-state index contributed by atoms with van der Waals surface area (Å²) in [6, 6.07) is 1.58. The number of hydrogen-bond donors (Lipinski definition) is 1. The number of fused-ring (bicyclic) bond motifs is 1. The lowest BCUT2D eigenvalue weighted by atomic mass is 10.3. The van der Waals surface area contributed by atoms with Crippen LogP contribution in [0.25, 0.3) is 5.78 Å². The molecule has 1 saturated heterocycles. The molecule has 0 unspecified atom stereocenters. The van der Waals surface area contributed by atoms with Crippen molar-refractivity contribution in [2.24, 2.45) is 0 Å². The normalized spacial score (nSPS) is 16.6. The van der Waals surface area contributed by atoms with Gasteiger partial charge in [0.2, 0.25) is 0 Å². The lowest BCUT2D eigenvalue weighted by Gasteiger charge is -2.33. The number of hydrogen-bond acceptors (Lipinski definition) is 6. The number of aromatic carboxylic acids is 1. The van der Waals surface area contributed by atoms with Crippen LogP contribution in [-0.2, 0) is 6.42 Å². The van der Waals surface area contributed by atoms with Crippen molar-refractivity contribution < 1.29 is 9.90 Å². The molecule has 0 aliphatic carbocycles. The topological polar surface area (TPSA) is 86.9 Å². The summed E-state index contributed by atoms with van der Waals surface area (Å²) in [4.78, 5) is 24.0. The Labute approximate surface area is 122 Å². The standard InChI is InChI=1S/C13H18N6O2/c1-3-10-15-13-14-9(12(20)21)8-11(19(13)16-10)18-6-4-17(2)5-7-18/h8H,3-7H2,1-2H3,(H,20,21). The maximum atomic E-state index is 11.3. The fourth-order valence-electron chi connectivity index (χ4n) is 2.41. The minimum atomic E-state index is -1.05. The Morgan fingerprint density at radius 1 is 1.29 bits per heavy atom. The number of aryl methyl sites for hydroxylation is 1. The molecular weight excluding hydrogens is 272 g/mol. The van der Waals surface area contributed by atoms with E-state index in [1.165, 1.54) is 0 Å². The zero-order valence-electron chi connectivity index (χ0n) is 12.2. The molecular formula is C13H18N6O2. The Balaban J connectivity index is 2.09. The van der Waals surface area contributed by atoms with Crippen LogP contribution in [0.15, 0.2) is 6.07 Å². The highest BCUT2D eigenvalue weighted by atomic mass is 16.4. The summed E-state index contributed by atoms with van der Waals surface area (Å²) in [5.74, 6) is 0.715. The Bertz CT molecular complexity index is 675. The van der Waals surface area contributed by atoms with E-state index in [0.29, 0.717) is 18.0 Å². The molecule has 1 aliphatic heterocycles. The highest BCUT2D eigenvalue weighted by Crippen LogP contribution is 2.18. The second kappa shape index (κ2) is 5.28. The molecule has 0 aromatic carbocycles. The highest BCUT2D eigenvalue weighted by molar-refractivity contribution is 5.87. The SMILES string of the molecule is CCc1nc2nc(C(=O)O)cc(N3CCN(C)CC3)n2n1. The van der Waals surface area contributed by atoms with Crippen LogP contribution in [0.2, 0.25) is 0 Å². The summed E-state index contributed by atoms with van der Waals surface area (Å²) >= 11 is 0.